The zero-order valence-corrected chi connectivity index (χ0v) is 44.0. The van der Waals surface area contributed by atoms with Crippen molar-refractivity contribution in [2.24, 2.45) is 10.2 Å². The molecule has 1 aromatic rings. The first-order chi connectivity index (χ1) is 22.3. The van der Waals surface area contributed by atoms with Crippen LogP contribution in [0, 0.1) is 11.3 Å². The largest absolute Gasteiger partial charge is 1.00 e. The fraction of sp³-hybridized carbons (Fsp3) is 0.808. The van der Waals surface area contributed by atoms with Crippen LogP contribution >= 0.6 is 31.9 Å². The van der Waals surface area contributed by atoms with E-state index < -0.39 is 74.9 Å². The van der Waals surface area contributed by atoms with Crippen molar-refractivity contribution in [3.8, 4) is 6.07 Å². The van der Waals surface area contributed by atoms with Crippen LogP contribution in [0.5, 0.6) is 0 Å². The summed E-state index contributed by atoms with van der Waals surface area (Å²) in [5, 5.41) is 24.8. The minimum Gasteiger partial charge on any atom is -0.748 e. The van der Waals surface area contributed by atoms with Crippen molar-refractivity contribution in [2.75, 3.05) is 24.6 Å². The van der Waals surface area contributed by atoms with Gasteiger partial charge in [0.05, 0.1) is 59.9 Å². The molecular weight excluding hydrogens is 944 g/mol. The molecule has 5 atom stereocenters. The molecule has 2 aliphatic carbocycles. The number of amides is 1. The third-order valence-electron chi connectivity index (χ3n) is 8.47. The average Bonchev–Trinajstić information content (AvgIpc) is 3.35. The summed E-state index contributed by atoms with van der Waals surface area (Å²) in [5.74, 6) is -1.20. The number of nitriles is 1. The van der Waals surface area contributed by atoms with Crippen molar-refractivity contribution in [2.45, 2.75) is 104 Å². The minimum atomic E-state index is -4.53. The molecule has 1 N–H and O–H groups in total. The van der Waals surface area contributed by atoms with Crippen LogP contribution in [0.2, 0.25) is 0 Å². The number of hydrogen-bond donors (Lipinski definition) is 1. The van der Waals surface area contributed by atoms with Gasteiger partial charge in [0, 0.05) is 34.1 Å². The van der Waals surface area contributed by atoms with Crippen molar-refractivity contribution in [1.29, 1.82) is 5.26 Å². The van der Waals surface area contributed by atoms with Gasteiger partial charge in [-0.1, -0.05) is 31.9 Å². The monoisotopic (exact) mass is 979 g/mol. The third-order valence-corrected chi connectivity index (χ3v) is 13.1. The number of nitrogens with one attached hydrogen (secondary N) is 1. The summed E-state index contributed by atoms with van der Waals surface area (Å²) < 4.78 is 103. The van der Waals surface area contributed by atoms with Crippen LogP contribution in [-0.2, 0) is 35.1 Å². The van der Waals surface area contributed by atoms with Gasteiger partial charge in [0.1, 0.15) is 11.6 Å². The van der Waals surface area contributed by atoms with Gasteiger partial charge in [-0.15, -0.1) is 5.11 Å². The van der Waals surface area contributed by atoms with Crippen LogP contribution in [-0.4, -0.2) is 117 Å². The molecule has 1 heterocycles. The average molecular weight is 982 g/mol. The molecule has 2 saturated carbocycles. The Labute approximate surface area is 444 Å². The number of nitrogens with zero attached hydrogens (tertiary/aromatic N) is 6. The molecule has 0 radical (unpaired) electrons. The maximum atomic E-state index is 12.2. The Morgan fingerprint density at radius 2 is 1.49 bits per heavy atom. The van der Waals surface area contributed by atoms with Gasteiger partial charge in [0.2, 0.25) is 5.91 Å². The Balaban J connectivity index is 0.00000833. The van der Waals surface area contributed by atoms with Crippen molar-refractivity contribution < 1.29 is 198 Å². The number of azo groups is 1. The van der Waals surface area contributed by atoms with Gasteiger partial charge in [0.25, 0.3) is 0 Å². The molecule has 5 unspecified atom stereocenters. The number of halogens is 2. The molecule has 3 rings (SSSR count). The Bertz CT molecular complexity index is 1630. The first-order valence-electron chi connectivity index (χ1n) is 15.3. The van der Waals surface area contributed by atoms with E-state index in [4.69, 9.17) is 0 Å². The summed E-state index contributed by atoms with van der Waals surface area (Å²) in [6.45, 7) is 2.17. The van der Waals surface area contributed by atoms with E-state index in [0.29, 0.717) is 45.2 Å². The molecule has 0 aromatic carbocycles. The molecule has 1 aromatic heterocycles. The zero-order valence-electron chi connectivity index (χ0n) is 29.1. The van der Waals surface area contributed by atoms with Gasteiger partial charge in [-0.25, -0.2) is 29.9 Å². The maximum Gasteiger partial charge on any atom is 1.00 e. The summed E-state index contributed by atoms with van der Waals surface area (Å²) in [6, 6.07) is 0.383. The Morgan fingerprint density at radius 3 is 1.94 bits per heavy atom. The number of rotatable bonds is 16. The summed E-state index contributed by atoms with van der Waals surface area (Å²) in [6.07, 6.45) is 3.87. The first kappa shape index (κ1) is 54.3. The predicted molar refractivity (Wildman–Crippen MR) is 177 cm³/mol. The van der Waals surface area contributed by atoms with Crippen LogP contribution in [0.4, 0.5) is 5.82 Å². The molecule has 1 amide bonds. The van der Waals surface area contributed by atoms with Gasteiger partial charge < -0.3 is 23.9 Å². The van der Waals surface area contributed by atoms with Gasteiger partial charge in [-0.2, -0.15) is 15.5 Å². The van der Waals surface area contributed by atoms with Crippen molar-refractivity contribution in [3.63, 3.8) is 0 Å². The third kappa shape index (κ3) is 18.9. The second-order valence-electron chi connectivity index (χ2n) is 12.1. The molecule has 51 heavy (non-hydrogen) atoms. The van der Waals surface area contributed by atoms with Gasteiger partial charge in [-0.05, 0) is 70.9 Å². The van der Waals surface area contributed by atoms with E-state index >= 15 is 0 Å². The molecule has 0 saturated heterocycles. The summed E-state index contributed by atoms with van der Waals surface area (Å²) in [7, 11) is -13.3. The smallest absolute Gasteiger partial charge is 0.748 e. The van der Waals surface area contributed by atoms with Crippen LogP contribution in [0.25, 0.3) is 0 Å². The van der Waals surface area contributed by atoms with E-state index in [1.165, 1.54) is 17.8 Å². The number of unbranched alkanes of at least 4 members (excludes halogenated alkanes) is 2. The number of carbonyl (C=O) groups is 1. The number of alkyl halides is 2. The quantitative estimate of drug-likeness (QED) is 0.0531. The molecule has 272 valence electrons. The Kier molecular flexibility index (Phi) is 26.7. The molecule has 0 bridgehead atoms. The summed E-state index contributed by atoms with van der Waals surface area (Å²) in [4.78, 5) is 13.3. The van der Waals surface area contributed by atoms with Crippen molar-refractivity contribution in [1.82, 2.24) is 20.0 Å². The molecule has 0 aliphatic heterocycles. The standard InChI is InChI=1S/C26H41Br2N7O10S3.3K/c1-17(36)31-24-12-19(34(8-2-4-10-46(37,38)39)9-3-5-11-47(40,41)42)6-7-23(24)32-33-26-18(15-29)16-30-35(26)25-21(27)13-20(14-22(25)28)48(43,44)45;;;/h16,19-25H,2-14H2,1H3,(H,31,36)(H,37,38,39)(H,40,41,42)(H,43,44,45);;;/q;3*+1/p-3. The molecule has 25 heteroatoms. The molecule has 0 spiro atoms. The summed E-state index contributed by atoms with van der Waals surface area (Å²) in [5.41, 5.74) is 0.118. The van der Waals surface area contributed by atoms with Crippen LogP contribution in [0.15, 0.2) is 16.4 Å². The second kappa shape index (κ2) is 25.1. The molecular formula is C26H38Br2K3N7O10S3. The number of hydrogen-bond acceptors (Lipinski definition) is 15. The van der Waals surface area contributed by atoms with Crippen molar-refractivity contribution in [3.05, 3.63) is 11.8 Å². The van der Waals surface area contributed by atoms with Crippen LogP contribution < -0.4 is 159 Å². The van der Waals surface area contributed by atoms with Crippen LogP contribution in [0.1, 0.15) is 76.3 Å². The minimum absolute atomic E-state index is 0. The van der Waals surface area contributed by atoms with E-state index in [-0.39, 0.29) is 203 Å². The van der Waals surface area contributed by atoms with Gasteiger partial charge in [0.15, 0.2) is 5.82 Å². The first-order valence-corrected chi connectivity index (χ1v) is 21.7. The Hall–Kier alpha value is 3.33. The summed E-state index contributed by atoms with van der Waals surface area (Å²) >= 11 is 6.97. The zero-order chi connectivity index (χ0) is 35.9. The van der Waals surface area contributed by atoms with E-state index in [0.717, 1.165) is 0 Å². The van der Waals surface area contributed by atoms with Gasteiger partial charge >= 0.3 is 154 Å². The fourth-order valence-electron chi connectivity index (χ4n) is 6.21. The van der Waals surface area contributed by atoms with Crippen molar-refractivity contribution >= 4 is 73.9 Å². The molecule has 17 nitrogen and oxygen atoms in total. The van der Waals surface area contributed by atoms with E-state index in [1.807, 2.05) is 11.0 Å². The fourth-order valence-corrected chi connectivity index (χ4v) is 11.2. The molecule has 2 aliphatic rings. The number of carbonyl (C=O) groups excluding carboxylic acids is 1. The SMILES string of the molecule is CC(=O)NC1CC(N(CCCCS(=O)(=O)[O-])CCCCS(=O)(=O)[O-])CCC1N=Nc1c(C#N)cnn1C1C(Br)CC(S(=O)(=O)[O-])CC1Br.[K+].[K+].[K+]. The topological polar surface area (TPSA) is 270 Å². The predicted octanol–water partition coefficient (Wildman–Crippen LogP) is -7.00. The van der Waals surface area contributed by atoms with Gasteiger partial charge in [-0.3, -0.25) is 4.79 Å². The normalized spacial score (nSPS) is 25.6. The van der Waals surface area contributed by atoms with Crippen LogP contribution in [0.3, 0.4) is 0 Å². The second-order valence-corrected chi connectivity index (χ2v) is 19.1. The van der Waals surface area contributed by atoms with E-state index in [2.05, 4.69) is 52.5 Å². The Morgan fingerprint density at radius 1 is 0.961 bits per heavy atom. The maximum absolute atomic E-state index is 12.2. The van der Waals surface area contributed by atoms with E-state index in [1.54, 1.807) is 0 Å². The molecule has 2 fully saturated rings. The number of aromatic nitrogens is 2. The van der Waals surface area contributed by atoms with E-state index in [9.17, 15) is 49.0 Å².